The smallest absolute Gasteiger partial charge is 0.254 e. The minimum Gasteiger partial charge on any atom is -0.369 e. The van der Waals surface area contributed by atoms with Gasteiger partial charge in [0, 0.05) is 25.9 Å². The zero-order valence-corrected chi connectivity index (χ0v) is 14.6. The van der Waals surface area contributed by atoms with Crippen molar-refractivity contribution in [3.63, 3.8) is 0 Å². The third-order valence-electron chi connectivity index (χ3n) is 4.16. The lowest BCUT2D eigenvalue weighted by Gasteiger charge is -2.36. The van der Waals surface area contributed by atoms with Crippen LogP contribution in [0.15, 0.2) is 30.3 Å². The van der Waals surface area contributed by atoms with Gasteiger partial charge < -0.3 is 9.64 Å². The maximum Gasteiger partial charge on any atom is 0.254 e. The number of carbonyl (C=O) groups is 1. The van der Waals surface area contributed by atoms with Gasteiger partial charge >= 0.3 is 0 Å². The van der Waals surface area contributed by atoms with Gasteiger partial charge in [-0.05, 0) is 38.8 Å². The molecule has 1 aromatic rings. The highest BCUT2D eigenvalue weighted by atomic mass is 32.2. The Morgan fingerprint density at radius 2 is 1.96 bits per heavy atom. The summed E-state index contributed by atoms with van der Waals surface area (Å²) in [6, 6.07) is 8.78. The van der Waals surface area contributed by atoms with Gasteiger partial charge in [0.05, 0.1) is 5.25 Å². The number of anilines is 1. The Hall–Kier alpha value is -1.60. The Morgan fingerprint density at radius 3 is 2.57 bits per heavy atom. The van der Waals surface area contributed by atoms with Crippen LogP contribution < -0.4 is 4.72 Å². The largest absolute Gasteiger partial charge is 0.369 e. The lowest BCUT2D eigenvalue weighted by atomic mass is 10.0. The fourth-order valence-electron chi connectivity index (χ4n) is 2.60. The average molecular weight is 340 g/mol. The van der Waals surface area contributed by atoms with Crippen LogP contribution in [0.25, 0.3) is 0 Å². The number of sulfonamides is 1. The van der Waals surface area contributed by atoms with E-state index >= 15 is 0 Å². The first-order valence-corrected chi connectivity index (χ1v) is 9.22. The molecule has 1 atom stereocenters. The number of para-hydroxylation sites is 1. The van der Waals surface area contributed by atoms with Crippen molar-refractivity contribution in [1.29, 1.82) is 0 Å². The quantitative estimate of drug-likeness (QED) is 0.887. The van der Waals surface area contributed by atoms with E-state index in [0.29, 0.717) is 25.1 Å². The summed E-state index contributed by atoms with van der Waals surface area (Å²) in [6.45, 7) is 4.13. The summed E-state index contributed by atoms with van der Waals surface area (Å²) in [5.74, 6) is -0.181. The van der Waals surface area contributed by atoms with Crippen LogP contribution in [-0.4, -0.2) is 50.3 Å². The minimum absolute atomic E-state index is 0.181. The summed E-state index contributed by atoms with van der Waals surface area (Å²) < 4.78 is 32.9. The number of carbonyl (C=O) groups excluding carboxylic acids is 1. The fourth-order valence-corrected chi connectivity index (χ4v) is 4.08. The van der Waals surface area contributed by atoms with Crippen molar-refractivity contribution in [3.8, 4) is 0 Å². The van der Waals surface area contributed by atoms with Crippen LogP contribution in [-0.2, 0) is 19.6 Å². The molecular formula is C16H24N2O4S. The Morgan fingerprint density at radius 1 is 1.30 bits per heavy atom. The molecule has 1 fully saturated rings. The predicted molar refractivity (Wildman–Crippen MR) is 89.7 cm³/mol. The summed E-state index contributed by atoms with van der Waals surface area (Å²) in [7, 11) is -2.06. The van der Waals surface area contributed by atoms with Crippen LogP contribution in [0, 0.1) is 0 Å². The Labute approximate surface area is 137 Å². The molecule has 0 spiro atoms. The van der Waals surface area contributed by atoms with Crippen molar-refractivity contribution in [2.45, 2.75) is 37.5 Å². The Balaban J connectivity index is 2.10. The normalized spacial score (nSPS) is 19.4. The molecule has 1 N–H and O–H groups in total. The monoisotopic (exact) mass is 340 g/mol. The van der Waals surface area contributed by atoms with Crippen LogP contribution in [0.2, 0.25) is 0 Å². The third-order valence-corrected chi connectivity index (χ3v) is 5.95. The molecule has 1 unspecified atom stereocenters. The van der Waals surface area contributed by atoms with Crippen molar-refractivity contribution < 1.29 is 17.9 Å². The van der Waals surface area contributed by atoms with Gasteiger partial charge in [0.2, 0.25) is 10.0 Å². The highest BCUT2D eigenvalue weighted by molar-refractivity contribution is 7.93. The number of benzene rings is 1. The number of hydrogen-bond acceptors (Lipinski definition) is 4. The second-order valence-electron chi connectivity index (χ2n) is 6.24. The highest BCUT2D eigenvalue weighted by Crippen LogP contribution is 2.22. The lowest BCUT2D eigenvalue weighted by Crippen LogP contribution is -2.53. The van der Waals surface area contributed by atoms with Crippen LogP contribution in [0.3, 0.4) is 0 Å². The van der Waals surface area contributed by atoms with Crippen molar-refractivity contribution >= 4 is 21.6 Å². The van der Waals surface area contributed by atoms with Crippen LogP contribution >= 0.6 is 0 Å². The number of ether oxygens (including phenoxy) is 1. The molecule has 1 amide bonds. The molecule has 6 nitrogen and oxygen atoms in total. The zero-order chi connectivity index (χ0) is 17.1. The van der Waals surface area contributed by atoms with Crippen molar-refractivity contribution in [1.82, 2.24) is 4.90 Å². The number of nitrogens with zero attached hydrogens (tertiary/aromatic N) is 1. The minimum atomic E-state index is -3.54. The van der Waals surface area contributed by atoms with Gasteiger partial charge in [0.15, 0.2) is 0 Å². The molecule has 0 radical (unpaired) electrons. The van der Waals surface area contributed by atoms with Crippen LogP contribution in [0.5, 0.6) is 0 Å². The first kappa shape index (κ1) is 17.7. The van der Waals surface area contributed by atoms with Gasteiger partial charge in [0.1, 0.15) is 5.60 Å². The second kappa shape index (κ2) is 6.88. The van der Waals surface area contributed by atoms with E-state index in [1.807, 2.05) is 6.07 Å². The number of piperidine rings is 1. The van der Waals surface area contributed by atoms with E-state index in [-0.39, 0.29) is 12.5 Å². The zero-order valence-electron chi connectivity index (χ0n) is 13.8. The van der Waals surface area contributed by atoms with Crippen molar-refractivity contribution in [2.75, 3.05) is 24.9 Å². The van der Waals surface area contributed by atoms with Crippen molar-refractivity contribution in [3.05, 3.63) is 30.3 Å². The first-order valence-electron chi connectivity index (χ1n) is 7.67. The summed E-state index contributed by atoms with van der Waals surface area (Å²) in [5, 5.41) is -0.618. The van der Waals surface area contributed by atoms with E-state index in [1.54, 1.807) is 43.0 Å². The molecule has 2 rings (SSSR count). The molecular weight excluding hydrogens is 316 g/mol. The van der Waals surface area contributed by atoms with Crippen molar-refractivity contribution in [2.24, 2.45) is 0 Å². The third kappa shape index (κ3) is 4.23. The van der Waals surface area contributed by atoms with Gasteiger partial charge in [-0.2, -0.15) is 0 Å². The first-order chi connectivity index (χ1) is 10.8. The molecule has 1 aromatic carbocycles. The summed E-state index contributed by atoms with van der Waals surface area (Å²) in [4.78, 5) is 14.1. The molecule has 1 aliphatic rings. The van der Waals surface area contributed by atoms with E-state index < -0.39 is 20.9 Å². The standard InChI is InChI=1S/C16H24N2O4S/c1-16(2,22-3)15(19)18-11-7-10-14(12-18)23(20,21)17-13-8-5-4-6-9-13/h4-6,8-9,14,17H,7,10-12H2,1-3H3. The molecule has 7 heteroatoms. The maximum atomic E-state index is 12.6. The van der Waals surface area contributed by atoms with Gasteiger partial charge in [-0.3, -0.25) is 9.52 Å². The SMILES string of the molecule is COC(C)(C)C(=O)N1CCCC(S(=O)(=O)Nc2ccccc2)C1. The van der Waals surface area contributed by atoms with Gasteiger partial charge in [-0.15, -0.1) is 0 Å². The topological polar surface area (TPSA) is 75.7 Å². The highest BCUT2D eigenvalue weighted by Gasteiger charge is 2.38. The molecule has 128 valence electrons. The fraction of sp³-hybridized carbons (Fsp3) is 0.562. The Bertz CT molecular complexity index is 643. The predicted octanol–water partition coefficient (Wildman–Crippen LogP) is 1.84. The second-order valence-corrected chi connectivity index (χ2v) is 8.20. The molecule has 0 saturated carbocycles. The molecule has 1 aliphatic heterocycles. The average Bonchev–Trinajstić information content (AvgIpc) is 2.55. The molecule has 0 aromatic heterocycles. The van der Waals surface area contributed by atoms with Crippen LogP contribution in [0.4, 0.5) is 5.69 Å². The van der Waals surface area contributed by atoms with Gasteiger partial charge in [-0.1, -0.05) is 18.2 Å². The molecule has 1 saturated heterocycles. The number of nitrogens with one attached hydrogen (secondary N) is 1. The molecule has 0 bridgehead atoms. The van der Waals surface area contributed by atoms with E-state index in [0.717, 1.165) is 0 Å². The lowest BCUT2D eigenvalue weighted by molar-refractivity contribution is -0.151. The molecule has 0 aliphatic carbocycles. The van der Waals surface area contributed by atoms with E-state index in [9.17, 15) is 13.2 Å². The van der Waals surface area contributed by atoms with E-state index in [2.05, 4.69) is 4.72 Å². The van der Waals surface area contributed by atoms with Gasteiger partial charge in [-0.25, -0.2) is 8.42 Å². The number of methoxy groups -OCH3 is 1. The Kier molecular flexibility index (Phi) is 5.31. The number of hydrogen-bond donors (Lipinski definition) is 1. The van der Waals surface area contributed by atoms with Gasteiger partial charge in [0.25, 0.3) is 5.91 Å². The number of likely N-dealkylation sites (tertiary alicyclic amines) is 1. The maximum absolute atomic E-state index is 12.6. The molecule has 1 heterocycles. The summed E-state index contributed by atoms with van der Waals surface area (Å²) in [5.41, 5.74) is -0.411. The summed E-state index contributed by atoms with van der Waals surface area (Å²) in [6.07, 6.45) is 1.20. The van der Waals surface area contributed by atoms with Crippen LogP contribution in [0.1, 0.15) is 26.7 Å². The van der Waals surface area contributed by atoms with E-state index in [4.69, 9.17) is 4.74 Å². The summed E-state index contributed by atoms with van der Waals surface area (Å²) >= 11 is 0. The van der Waals surface area contributed by atoms with E-state index in [1.165, 1.54) is 7.11 Å². The number of amides is 1. The number of rotatable bonds is 5. The molecule has 23 heavy (non-hydrogen) atoms.